The van der Waals surface area contributed by atoms with Crippen LogP contribution in [-0.2, 0) is 0 Å². The number of rotatable bonds is 5. The van der Waals surface area contributed by atoms with Gasteiger partial charge in [-0.15, -0.1) is 12.4 Å². The van der Waals surface area contributed by atoms with Crippen LogP contribution < -0.4 is 15.2 Å². The van der Waals surface area contributed by atoms with Crippen LogP contribution in [0, 0.1) is 0 Å². The molecular formula is C17H17Cl3N2O2. The van der Waals surface area contributed by atoms with Crippen molar-refractivity contribution in [1.29, 1.82) is 0 Å². The molecule has 2 rings (SSSR count). The normalized spacial score (nSPS) is 11.2. The first-order valence-corrected chi connectivity index (χ1v) is 7.48. The second-order valence-electron chi connectivity index (χ2n) is 4.57. The summed E-state index contributed by atoms with van der Waals surface area (Å²) in [5.41, 5.74) is 7.60. The minimum absolute atomic E-state index is 0. The number of hydrogen-bond acceptors (Lipinski definition) is 3. The largest absolute Gasteiger partial charge is 0.493 e. The molecule has 7 heteroatoms. The fourth-order valence-corrected chi connectivity index (χ4v) is 2.20. The molecule has 0 fully saturated rings. The molecular weight excluding hydrogens is 371 g/mol. The maximum Gasteiger partial charge on any atom is 0.161 e. The van der Waals surface area contributed by atoms with E-state index in [2.05, 4.69) is 4.99 Å². The van der Waals surface area contributed by atoms with Crippen LogP contribution in [-0.4, -0.2) is 20.1 Å². The molecule has 4 nitrogen and oxygen atoms in total. The summed E-state index contributed by atoms with van der Waals surface area (Å²) in [5, 5.41) is 1.00. The molecule has 0 heterocycles. The van der Waals surface area contributed by atoms with E-state index < -0.39 is 0 Å². The van der Waals surface area contributed by atoms with E-state index in [0.717, 1.165) is 11.1 Å². The second-order valence-corrected chi connectivity index (χ2v) is 5.39. The molecule has 0 bridgehead atoms. The van der Waals surface area contributed by atoms with E-state index in [4.69, 9.17) is 38.4 Å². The first-order chi connectivity index (χ1) is 11.0. The van der Waals surface area contributed by atoms with Gasteiger partial charge in [0.15, 0.2) is 11.5 Å². The van der Waals surface area contributed by atoms with Gasteiger partial charge in [-0.05, 0) is 42.0 Å². The fraction of sp³-hybridized carbons (Fsp3) is 0.118. The van der Waals surface area contributed by atoms with E-state index in [1.807, 2.05) is 12.1 Å². The first-order valence-electron chi connectivity index (χ1n) is 6.72. The molecule has 0 aliphatic rings. The summed E-state index contributed by atoms with van der Waals surface area (Å²) in [6.45, 7) is 0. The van der Waals surface area contributed by atoms with Gasteiger partial charge in [-0.25, -0.2) is 4.99 Å². The highest BCUT2D eigenvalue weighted by atomic mass is 35.5. The number of nitrogens with zero attached hydrogens (tertiary/aromatic N) is 1. The van der Waals surface area contributed by atoms with Gasteiger partial charge in [0, 0.05) is 11.8 Å². The third-order valence-corrected chi connectivity index (χ3v) is 3.84. The lowest BCUT2D eigenvalue weighted by molar-refractivity contribution is 0.355. The molecule has 0 saturated carbocycles. The Hall–Kier alpha value is -1.88. The lowest BCUT2D eigenvalue weighted by Crippen LogP contribution is -2.12. The van der Waals surface area contributed by atoms with Gasteiger partial charge in [0.05, 0.1) is 24.3 Å². The number of methoxy groups -OCH3 is 2. The Balaban J connectivity index is 0.00000288. The number of amidine groups is 1. The SMILES string of the molecule is COc1ccc(C(N)=NC=Cc2ccc(Cl)c(Cl)c2)cc1OC.Cl. The molecule has 0 saturated heterocycles. The molecule has 0 amide bonds. The van der Waals surface area contributed by atoms with Crippen molar-refractivity contribution in [2.75, 3.05) is 14.2 Å². The van der Waals surface area contributed by atoms with Crippen LogP contribution in [0.4, 0.5) is 0 Å². The van der Waals surface area contributed by atoms with Crippen LogP contribution in [0.5, 0.6) is 11.5 Å². The number of halogens is 3. The van der Waals surface area contributed by atoms with Crippen molar-refractivity contribution in [2.45, 2.75) is 0 Å². The molecule has 24 heavy (non-hydrogen) atoms. The molecule has 0 atom stereocenters. The van der Waals surface area contributed by atoms with Gasteiger partial charge < -0.3 is 15.2 Å². The second kappa shape index (κ2) is 9.42. The highest BCUT2D eigenvalue weighted by Crippen LogP contribution is 2.27. The summed E-state index contributed by atoms with van der Waals surface area (Å²) in [6, 6.07) is 10.7. The predicted molar refractivity (Wildman–Crippen MR) is 103 cm³/mol. The number of aliphatic imine (C=N–C) groups is 1. The Kier molecular flexibility index (Phi) is 7.92. The zero-order chi connectivity index (χ0) is 16.8. The average molecular weight is 388 g/mol. The summed E-state index contributed by atoms with van der Waals surface area (Å²) in [4.78, 5) is 4.21. The topological polar surface area (TPSA) is 56.8 Å². The van der Waals surface area contributed by atoms with E-state index in [0.29, 0.717) is 27.4 Å². The van der Waals surface area contributed by atoms with Gasteiger partial charge in [0.2, 0.25) is 0 Å². The van der Waals surface area contributed by atoms with Crippen molar-refractivity contribution in [2.24, 2.45) is 10.7 Å². The van der Waals surface area contributed by atoms with Crippen LogP contribution in [0.3, 0.4) is 0 Å². The number of nitrogens with two attached hydrogens (primary N) is 1. The van der Waals surface area contributed by atoms with Crippen LogP contribution in [0.2, 0.25) is 10.0 Å². The Bertz CT molecular complexity index is 761. The standard InChI is InChI=1S/C17H16Cl2N2O2.ClH/c1-22-15-6-4-12(10-16(15)23-2)17(20)21-8-7-11-3-5-13(18)14(19)9-11;/h3-10H,1-2H3,(H2,20,21);1H. The smallest absolute Gasteiger partial charge is 0.161 e. The maximum atomic E-state index is 5.98. The van der Waals surface area contributed by atoms with Crippen molar-refractivity contribution in [1.82, 2.24) is 0 Å². The zero-order valence-electron chi connectivity index (χ0n) is 13.1. The Morgan fingerprint density at radius 2 is 1.71 bits per heavy atom. The Labute approximate surface area is 157 Å². The lowest BCUT2D eigenvalue weighted by atomic mass is 10.2. The fourth-order valence-electron chi connectivity index (χ4n) is 1.89. The van der Waals surface area contributed by atoms with E-state index in [9.17, 15) is 0 Å². The summed E-state index contributed by atoms with van der Waals surface area (Å²) >= 11 is 11.8. The van der Waals surface area contributed by atoms with Gasteiger partial charge in [0.25, 0.3) is 0 Å². The highest BCUT2D eigenvalue weighted by Gasteiger charge is 2.06. The highest BCUT2D eigenvalue weighted by molar-refractivity contribution is 6.42. The van der Waals surface area contributed by atoms with Crippen molar-refractivity contribution in [3.63, 3.8) is 0 Å². The van der Waals surface area contributed by atoms with Gasteiger partial charge in [-0.3, -0.25) is 0 Å². The zero-order valence-corrected chi connectivity index (χ0v) is 15.5. The third-order valence-electron chi connectivity index (χ3n) is 3.10. The minimum atomic E-state index is 0. The molecule has 0 aliphatic carbocycles. The van der Waals surface area contributed by atoms with Gasteiger partial charge in [0.1, 0.15) is 5.84 Å². The lowest BCUT2D eigenvalue weighted by Gasteiger charge is -2.08. The molecule has 2 aromatic carbocycles. The maximum absolute atomic E-state index is 5.98. The van der Waals surface area contributed by atoms with Gasteiger partial charge in [-0.2, -0.15) is 0 Å². The minimum Gasteiger partial charge on any atom is -0.493 e. The van der Waals surface area contributed by atoms with Crippen LogP contribution in [0.25, 0.3) is 6.08 Å². The van der Waals surface area contributed by atoms with E-state index in [1.54, 1.807) is 50.8 Å². The van der Waals surface area contributed by atoms with E-state index >= 15 is 0 Å². The third kappa shape index (κ3) is 5.06. The molecule has 0 radical (unpaired) electrons. The van der Waals surface area contributed by atoms with Crippen molar-refractivity contribution in [3.8, 4) is 11.5 Å². The molecule has 0 unspecified atom stereocenters. The van der Waals surface area contributed by atoms with Gasteiger partial charge in [-0.1, -0.05) is 29.3 Å². The molecule has 2 N–H and O–H groups in total. The molecule has 0 spiro atoms. The van der Waals surface area contributed by atoms with E-state index in [-0.39, 0.29) is 12.4 Å². The number of benzene rings is 2. The van der Waals surface area contributed by atoms with Crippen LogP contribution in [0.1, 0.15) is 11.1 Å². The Morgan fingerprint density at radius 1 is 1.00 bits per heavy atom. The summed E-state index contributed by atoms with van der Waals surface area (Å²) in [5.74, 6) is 1.59. The van der Waals surface area contributed by atoms with E-state index in [1.165, 1.54) is 0 Å². The first kappa shape index (κ1) is 20.2. The molecule has 0 aromatic heterocycles. The average Bonchev–Trinajstić information content (AvgIpc) is 2.57. The summed E-state index contributed by atoms with van der Waals surface area (Å²) < 4.78 is 10.4. The van der Waals surface area contributed by atoms with Gasteiger partial charge >= 0.3 is 0 Å². The quantitative estimate of drug-likeness (QED) is 0.592. The number of hydrogen-bond donors (Lipinski definition) is 1. The predicted octanol–water partition coefficient (Wildman–Crippen LogP) is 4.81. The number of ether oxygens (including phenoxy) is 2. The molecule has 2 aromatic rings. The summed E-state index contributed by atoms with van der Waals surface area (Å²) in [6.07, 6.45) is 3.39. The van der Waals surface area contributed by atoms with Crippen LogP contribution >= 0.6 is 35.6 Å². The van der Waals surface area contributed by atoms with Crippen LogP contribution in [0.15, 0.2) is 47.6 Å². The van der Waals surface area contributed by atoms with Crippen molar-refractivity contribution < 1.29 is 9.47 Å². The Morgan fingerprint density at radius 3 is 2.33 bits per heavy atom. The molecule has 0 aliphatic heterocycles. The van der Waals surface area contributed by atoms with Crippen molar-refractivity contribution >= 4 is 47.5 Å². The van der Waals surface area contributed by atoms with Crippen molar-refractivity contribution in [3.05, 3.63) is 63.8 Å². The molecule has 128 valence electrons. The summed E-state index contributed by atoms with van der Waals surface area (Å²) in [7, 11) is 3.15. The monoisotopic (exact) mass is 386 g/mol.